The lowest BCUT2D eigenvalue weighted by Crippen LogP contribution is -2.49. The van der Waals surface area contributed by atoms with Gasteiger partial charge in [0.1, 0.15) is 0 Å². The highest BCUT2D eigenvalue weighted by Gasteiger charge is 2.21. The number of halogens is 1. The average molecular weight is 507 g/mol. The van der Waals surface area contributed by atoms with Crippen LogP contribution in [0.1, 0.15) is 39.3 Å². The fourth-order valence-corrected chi connectivity index (χ4v) is 3.81. The minimum Gasteiger partial charge on any atom is -0.355 e. The van der Waals surface area contributed by atoms with E-state index in [1.54, 1.807) is 7.05 Å². The molecule has 1 aliphatic heterocycles. The van der Waals surface area contributed by atoms with E-state index in [0.717, 1.165) is 44.1 Å². The lowest BCUT2D eigenvalue weighted by molar-refractivity contribution is 0.196. The van der Waals surface area contributed by atoms with E-state index >= 15 is 0 Å². The highest BCUT2D eigenvalue weighted by Crippen LogP contribution is 2.13. The number of nitrogens with zero attached hydrogens (tertiary/aromatic N) is 3. The fraction of sp³-hybridized carbons (Fsp3) is 0.684. The molecule has 27 heavy (non-hydrogen) atoms. The summed E-state index contributed by atoms with van der Waals surface area (Å²) in [4.78, 5) is 11.2. The minimum absolute atomic E-state index is 0. The summed E-state index contributed by atoms with van der Waals surface area (Å²) in [6.07, 6.45) is 4.02. The molecule has 2 N–H and O–H groups in total. The summed E-state index contributed by atoms with van der Waals surface area (Å²) < 4.78 is 11.9. The molecule has 0 saturated carbocycles. The van der Waals surface area contributed by atoms with Crippen LogP contribution in [0.15, 0.2) is 29.4 Å². The van der Waals surface area contributed by atoms with Crippen LogP contribution in [-0.2, 0) is 17.3 Å². The molecule has 0 aliphatic carbocycles. The maximum atomic E-state index is 12.1. The Bertz CT molecular complexity index is 598. The molecule has 0 amide bonds. The first kappa shape index (κ1) is 24.3. The summed E-state index contributed by atoms with van der Waals surface area (Å²) in [5.41, 5.74) is 1.13. The molecule has 1 unspecified atom stereocenters. The van der Waals surface area contributed by atoms with Crippen LogP contribution < -0.4 is 10.6 Å². The summed E-state index contributed by atoms with van der Waals surface area (Å²) in [5, 5.41) is 6.79. The first-order valence-corrected chi connectivity index (χ1v) is 10.7. The van der Waals surface area contributed by atoms with Crippen LogP contribution in [-0.4, -0.2) is 63.3 Å². The van der Waals surface area contributed by atoms with Crippen molar-refractivity contribution in [1.82, 2.24) is 20.5 Å². The molecule has 1 aromatic rings. The molecule has 0 spiro atoms. The first-order valence-electron chi connectivity index (χ1n) is 9.36. The van der Waals surface area contributed by atoms with E-state index < -0.39 is 10.8 Å². The van der Waals surface area contributed by atoms with Crippen molar-refractivity contribution in [2.24, 2.45) is 4.99 Å². The summed E-state index contributed by atoms with van der Waals surface area (Å²) in [5.74, 6) is 1.44. The van der Waals surface area contributed by atoms with Crippen LogP contribution >= 0.6 is 24.0 Å². The normalized spacial score (nSPS) is 17.9. The Morgan fingerprint density at radius 1 is 1.33 bits per heavy atom. The van der Waals surface area contributed by atoms with Gasteiger partial charge in [-0.15, -0.1) is 24.0 Å². The van der Waals surface area contributed by atoms with E-state index in [1.807, 2.05) is 39.1 Å². The fourth-order valence-electron chi connectivity index (χ4n) is 2.91. The first-order chi connectivity index (χ1) is 12.4. The molecule has 0 radical (unpaired) electrons. The van der Waals surface area contributed by atoms with Crippen LogP contribution in [0.5, 0.6) is 0 Å². The molecule has 1 aromatic heterocycles. The van der Waals surface area contributed by atoms with E-state index in [4.69, 9.17) is 0 Å². The second kappa shape index (κ2) is 12.0. The van der Waals surface area contributed by atoms with Crippen molar-refractivity contribution in [1.29, 1.82) is 0 Å². The van der Waals surface area contributed by atoms with Crippen LogP contribution in [0.25, 0.3) is 0 Å². The number of piperidine rings is 1. The van der Waals surface area contributed by atoms with Gasteiger partial charge in [0.05, 0.1) is 5.69 Å². The van der Waals surface area contributed by atoms with Gasteiger partial charge in [-0.05, 0) is 45.7 Å². The van der Waals surface area contributed by atoms with Crippen molar-refractivity contribution < 1.29 is 4.21 Å². The number of rotatable bonds is 6. The lowest BCUT2D eigenvalue weighted by Gasteiger charge is -2.32. The molecule has 2 rings (SSSR count). The molecule has 1 fully saturated rings. The molecule has 8 heteroatoms. The Labute approximate surface area is 183 Å². The number of hydrogen-bond donors (Lipinski definition) is 2. The SMILES string of the molecule is CN=C(NCCS(=O)C(C)(C)C)NC1CCN(Cc2ccccn2)CC1.I. The van der Waals surface area contributed by atoms with Crippen LogP contribution in [0, 0.1) is 0 Å². The van der Waals surface area contributed by atoms with Crippen molar-refractivity contribution in [2.45, 2.75) is 50.9 Å². The maximum Gasteiger partial charge on any atom is 0.191 e. The lowest BCUT2D eigenvalue weighted by atomic mass is 10.1. The second-order valence-corrected chi connectivity index (χ2v) is 10.0. The zero-order valence-electron chi connectivity index (χ0n) is 16.9. The van der Waals surface area contributed by atoms with Gasteiger partial charge in [-0.1, -0.05) is 6.07 Å². The number of hydrogen-bond acceptors (Lipinski definition) is 4. The number of aliphatic imine (C=N–C) groups is 1. The van der Waals surface area contributed by atoms with Crippen LogP contribution in [0.4, 0.5) is 0 Å². The van der Waals surface area contributed by atoms with E-state index in [1.165, 1.54) is 0 Å². The number of pyridine rings is 1. The van der Waals surface area contributed by atoms with Crippen molar-refractivity contribution >= 4 is 40.7 Å². The van der Waals surface area contributed by atoms with Crippen molar-refractivity contribution in [3.63, 3.8) is 0 Å². The van der Waals surface area contributed by atoms with Gasteiger partial charge >= 0.3 is 0 Å². The van der Waals surface area contributed by atoms with Gasteiger partial charge in [0.15, 0.2) is 5.96 Å². The molecule has 2 heterocycles. The van der Waals surface area contributed by atoms with Gasteiger partial charge in [0.2, 0.25) is 0 Å². The number of aromatic nitrogens is 1. The van der Waals surface area contributed by atoms with Crippen LogP contribution in [0.3, 0.4) is 0 Å². The Kier molecular flexibility index (Phi) is 10.8. The van der Waals surface area contributed by atoms with E-state index in [2.05, 4.69) is 31.6 Å². The summed E-state index contributed by atoms with van der Waals surface area (Å²) in [6.45, 7) is 9.72. The predicted molar refractivity (Wildman–Crippen MR) is 125 cm³/mol. The monoisotopic (exact) mass is 507 g/mol. The van der Waals surface area contributed by atoms with Crippen molar-refractivity contribution in [3.05, 3.63) is 30.1 Å². The molecule has 0 bridgehead atoms. The third-order valence-electron chi connectivity index (χ3n) is 4.53. The van der Waals surface area contributed by atoms with Gasteiger partial charge in [-0.2, -0.15) is 0 Å². The van der Waals surface area contributed by atoms with Gasteiger partial charge in [-0.25, -0.2) is 0 Å². The molecule has 6 nitrogen and oxygen atoms in total. The number of guanidine groups is 1. The Morgan fingerprint density at radius 3 is 2.59 bits per heavy atom. The quantitative estimate of drug-likeness (QED) is 0.352. The van der Waals surface area contributed by atoms with Crippen molar-refractivity contribution in [2.75, 3.05) is 32.4 Å². The van der Waals surface area contributed by atoms with Crippen molar-refractivity contribution in [3.8, 4) is 0 Å². The second-order valence-electron chi connectivity index (χ2n) is 7.68. The number of nitrogens with one attached hydrogen (secondary N) is 2. The third kappa shape index (κ3) is 8.87. The number of likely N-dealkylation sites (tertiary alicyclic amines) is 1. The minimum atomic E-state index is -0.845. The topological polar surface area (TPSA) is 69.6 Å². The zero-order chi connectivity index (χ0) is 19.0. The third-order valence-corrected chi connectivity index (χ3v) is 6.47. The standard InChI is InChI=1S/C19H33N5OS.HI/c1-19(2,3)26(25)14-11-22-18(20-4)23-16-8-12-24(13-9-16)15-17-7-5-6-10-21-17;/h5-7,10,16H,8-9,11-15H2,1-4H3,(H2,20,22,23);1H. The molecule has 154 valence electrons. The van der Waals surface area contributed by atoms with Crippen LogP contribution in [0.2, 0.25) is 0 Å². The average Bonchev–Trinajstić information content (AvgIpc) is 2.62. The van der Waals surface area contributed by atoms with Gasteiger partial charge in [-0.3, -0.25) is 19.1 Å². The maximum absolute atomic E-state index is 12.1. The van der Waals surface area contributed by atoms with Gasteiger partial charge < -0.3 is 10.6 Å². The largest absolute Gasteiger partial charge is 0.355 e. The Hall–Kier alpha value is -0.740. The molecular weight excluding hydrogens is 473 g/mol. The summed E-state index contributed by atoms with van der Waals surface area (Å²) >= 11 is 0. The predicted octanol–water partition coefficient (Wildman–Crippen LogP) is 2.38. The Morgan fingerprint density at radius 2 is 2.04 bits per heavy atom. The zero-order valence-corrected chi connectivity index (χ0v) is 20.0. The van der Waals surface area contributed by atoms with E-state index in [9.17, 15) is 4.21 Å². The summed E-state index contributed by atoms with van der Waals surface area (Å²) in [7, 11) is 0.939. The molecule has 1 atom stereocenters. The molecule has 1 saturated heterocycles. The van der Waals surface area contributed by atoms with E-state index in [0.29, 0.717) is 18.3 Å². The smallest absolute Gasteiger partial charge is 0.191 e. The Balaban J connectivity index is 0.00000364. The van der Waals surface area contributed by atoms with E-state index in [-0.39, 0.29) is 28.7 Å². The highest BCUT2D eigenvalue weighted by molar-refractivity contribution is 14.0. The molecule has 0 aromatic carbocycles. The van der Waals surface area contributed by atoms with Gasteiger partial charge in [0.25, 0.3) is 0 Å². The van der Waals surface area contributed by atoms with Gasteiger partial charge in [0, 0.05) is 66.8 Å². The highest BCUT2D eigenvalue weighted by atomic mass is 127. The molecule has 1 aliphatic rings. The summed E-state index contributed by atoms with van der Waals surface area (Å²) in [6, 6.07) is 6.50. The molecular formula is C19H34IN5OS.